The Labute approximate surface area is 136 Å². The number of aromatic nitrogens is 2. The van der Waals surface area contributed by atoms with Crippen LogP contribution in [0.2, 0.25) is 0 Å². The SMILES string of the molecule is CC1(CNC(=O)Cc2[nH]nc3ccccc23)CCNCC1.Cl. The quantitative estimate of drug-likeness (QED) is 0.806. The molecule has 1 aromatic heterocycles. The van der Waals surface area contributed by atoms with Crippen molar-refractivity contribution in [2.45, 2.75) is 26.2 Å². The van der Waals surface area contributed by atoms with Gasteiger partial charge in [-0.05, 0) is 37.4 Å². The van der Waals surface area contributed by atoms with Gasteiger partial charge in [0.15, 0.2) is 0 Å². The fourth-order valence-electron chi connectivity index (χ4n) is 2.89. The van der Waals surface area contributed by atoms with Gasteiger partial charge in [-0.15, -0.1) is 12.4 Å². The maximum absolute atomic E-state index is 12.2. The molecule has 1 aliphatic rings. The van der Waals surface area contributed by atoms with E-state index >= 15 is 0 Å². The first-order chi connectivity index (χ1) is 10.2. The van der Waals surface area contributed by atoms with E-state index in [9.17, 15) is 4.79 Å². The lowest BCUT2D eigenvalue weighted by Gasteiger charge is -2.34. The molecule has 1 aliphatic heterocycles. The van der Waals surface area contributed by atoms with Crippen molar-refractivity contribution >= 4 is 29.2 Å². The highest BCUT2D eigenvalue weighted by atomic mass is 35.5. The van der Waals surface area contributed by atoms with Crippen molar-refractivity contribution in [2.24, 2.45) is 5.41 Å². The molecule has 1 saturated heterocycles. The normalized spacial score (nSPS) is 17.0. The second kappa shape index (κ2) is 7.11. The molecule has 0 radical (unpaired) electrons. The largest absolute Gasteiger partial charge is 0.355 e. The molecule has 1 fully saturated rings. The molecule has 0 bridgehead atoms. The minimum Gasteiger partial charge on any atom is -0.355 e. The number of piperidine rings is 1. The molecule has 0 saturated carbocycles. The second-order valence-electron chi connectivity index (χ2n) is 6.23. The van der Waals surface area contributed by atoms with Gasteiger partial charge in [0.2, 0.25) is 5.91 Å². The van der Waals surface area contributed by atoms with Crippen LogP contribution in [-0.2, 0) is 11.2 Å². The molecule has 3 N–H and O–H groups in total. The highest BCUT2D eigenvalue weighted by molar-refractivity contribution is 5.87. The number of hydrogen-bond acceptors (Lipinski definition) is 3. The Hall–Kier alpha value is -1.59. The first-order valence-electron chi connectivity index (χ1n) is 7.56. The predicted octanol–water partition coefficient (Wildman–Crippen LogP) is 2.03. The maximum Gasteiger partial charge on any atom is 0.226 e. The topological polar surface area (TPSA) is 69.8 Å². The average Bonchev–Trinajstić information content (AvgIpc) is 2.90. The Kier molecular flexibility index (Phi) is 5.42. The molecule has 120 valence electrons. The van der Waals surface area contributed by atoms with E-state index in [4.69, 9.17) is 0 Å². The van der Waals surface area contributed by atoms with Gasteiger partial charge in [-0.1, -0.05) is 25.1 Å². The average molecular weight is 323 g/mol. The van der Waals surface area contributed by atoms with Crippen molar-refractivity contribution in [1.82, 2.24) is 20.8 Å². The lowest BCUT2D eigenvalue weighted by Crippen LogP contribution is -2.43. The molecule has 0 aliphatic carbocycles. The van der Waals surface area contributed by atoms with Gasteiger partial charge in [0.05, 0.1) is 17.6 Å². The van der Waals surface area contributed by atoms with Gasteiger partial charge in [0.1, 0.15) is 0 Å². The summed E-state index contributed by atoms with van der Waals surface area (Å²) in [4.78, 5) is 12.2. The van der Waals surface area contributed by atoms with Crippen LogP contribution >= 0.6 is 12.4 Å². The fourth-order valence-corrected chi connectivity index (χ4v) is 2.89. The molecule has 1 aromatic carbocycles. The van der Waals surface area contributed by atoms with E-state index in [1.165, 1.54) is 0 Å². The molecule has 6 heteroatoms. The molecule has 1 amide bonds. The first kappa shape index (κ1) is 16.8. The van der Waals surface area contributed by atoms with Crippen molar-refractivity contribution in [3.8, 4) is 0 Å². The zero-order valence-electron chi connectivity index (χ0n) is 12.8. The van der Waals surface area contributed by atoms with Crippen molar-refractivity contribution in [1.29, 1.82) is 0 Å². The molecule has 0 unspecified atom stereocenters. The molecule has 22 heavy (non-hydrogen) atoms. The van der Waals surface area contributed by atoms with Crippen molar-refractivity contribution in [2.75, 3.05) is 19.6 Å². The Morgan fingerprint density at radius 1 is 1.32 bits per heavy atom. The lowest BCUT2D eigenvalue weighted by molar-refractivity contribution is -0.121. The van der Waals surface area contributed by atoms with Crippen LogP contribution in [0.25, 0.3) is 10.9 Å². The van der Waals surface area contributed by atoms with E-state index in [2.05, 4.69) is 27.8 Å². The number of carbonyl (C=O) groups is 1. The molecule has 0 atom stereocenters. The van der Waals surface area contributed by atoms with Crippen LogP contribution in [0.5, 0.6) is 0 Å². The number of fused-ring (bicyclic) bond motifs is 1. The van der Waals surface area contributed by atoms with Gasteiger partial charge >= 0.3 is 0 Å². The molecular formula is C16H23ClN4O. The second-order valence-corrected chi connectivity index (χ2v) is 6.23. The smallest absolute Gasteiger partial charge is 0.226 e. The maximum atomic E-state index is 12.2. The van der Waals surface area contributed by atoms with Crippen LogP contribution in [0.1, 0.15) is 25.5 Å². The van der Waals surface area contributed by atoms with Crippen LogP contribution in [0.3, 0.4) is 0 Å². The Bertz CT molecular complexity index is 634. The third kappa shape index (κ3) is 3.78. The molecule has 5 nitrogen and oxygen atoms in total. The number of aromatic amines is 1. The molecule has 2 aromatic rings. The van der Waals surface area contributed by atoms with Gasteiger partial charge in [0, 0.05) is 11.9 Å². The highest BCUT2D eigenvalue weighted by Crippen LogP contribution is 2.26. The monoisotopic (exact) mass is 322 g/mol. The van der Waals surface area contributed by atoms with Crippen LogP contribution < -0.4 is 10.6 Å². The summed E-state index contributed by atoms with van der Waals surface area (Å²) in [6, 6.07) is 7.86. The summed E-state index contributed by atoms with van der Waals surface area (Å²) in [6.07, 6.45) is 2.58. The summed E-state index contributed by atoms with van der Waals surface area (Å²) >= 11 is 0. The minimum absolute atomic E-state index is 0. The van der Waals surface area contributed by atoms with E-state index in [-0.39, 0.29) is 23.7 Å². The zero-order valence-corrected chi connectivity index (χ0v) is 13.6. The zero-order chi connectivity index (χ0) is 14.7. The van der Waals surface area contributed by atoms with E-state index in [1.54, 1.807) is 0 Å². The van der Waals surface area contributed by atoms with Crippen LogP contribution in [0.15, 0.2) is 24.3 Å². The third-order valence-corrected chi connectivity index (χ3v) is 4.40. The van der Waals surface area contributed by atoms with Crippen molar-refractivity contribution in [3.05, 3.63) is 30.0 Å². The van der Waals surface area contributed by atoms with Gasteiger partial charge in [0.25, 0.3) is 0 Å². The predicted molar refractivity (Wildman–Crippen MR) is 90.3 cm³/mol. The lowest BCUT2D eigenvalue weighted by atomic mass is 9.81. The highest BCUT2D eigenvalue weighted by Gasteiger charge is 2.27. The number of rotatable bonds is 4. The van der Waals surface area contributed by atoms with Gasteiger partial charge < -0.3 is 10.6 Å². The minimum atomic E-state index is 0. The summed E-state index contributed by atoms with van der Waals surface area (Å²) in [5.74, 6) is 0.0594. The third-order valence-electron chi connectivity index (χ3n) is 4.40. The summed E-state index contributed by atoms with van der Waals surface area (Å²) in [6.45, 7) is 5.08. The number of carbonyl (C=O) groups excluding carboxylic acids is 1. The summed E-state index contributed by atoms with van der Waals surface area (Å²) in [5.41, 5.74) is 2.01. The van der Waals surface area contributed by atoms with Crippen molar-refractivity contribution < 1.29 is 4.79 Å². The first-order valence-corrected chi connectivity index (χ1v) is 7.56. The number of H-pyrrole nitrogens is 1. The fraction of sp³-hybridized carbons (Fsp3) is 0.500. The Morgan fingerprint density at radius 3 is 2.82 bits per heavy atom. The van der Waals surface area contributed by atoms with Crippen LogP contribution in [0, 0.1) is 5.41 Å². The Balaban J connectivity index is 0.00000176. The van der Waals surface area contributed by atoms with Gasteiger partial charge in [-0.3, -0.25) is 9.89 Å². The number of hydrogen-bond donors (Lipinski definition) is 3. The van der Waals surface area contributed by atoms with Crippen molar-refractivity contribution in [3.63, 3.8) is 0 Å². The van der Waals surface area contributed by atoms with E-state index in [0.29, 0.717) is 6.42 Å². The molecule has 2 heterocycles. The Morgan fingerprint density at radius 2 is 2.05 bits per heavy atom. The number of amides is 1. The van der Waals surface area contributed by atoms with Gasteiger partial charge in [-0.2, -0.15) is 5.10 Å². The van der Waals surface area contributed by atoms with E-state index in [0.717, 1.165) is 49.1 Å². The number of para-hydroxylation sites is 1. The number of halogens is 1. The number of nitrogens with zero attached hydrogens (tertiary/aromatic N) is 1. The number of nitrogens with one attached hydrogen (secondary N) is 3. The summed E-state index contributed by atoms with van der Waals surface area (Å²) < 4.78 is 0. The molecule has 3 rings (SSSR count). The van der Waals surface area contributed by atoms with E-state index < -0.39 is 0 Å². The van der Waals surface area contributed by atoms with Crippen LogP contribution in [-0.4, -0.2) is 35.7 Å². The van der Waals surface area contributed by atoms with E-state index in [1.807, 2.05) is 24.3 Å². The summed E-state index contributed by atoms with van der Waals surface area (Å²) in [5, 5.41) is 14.7. The summed E-state index contributed by atoms with van der Waals surface area (Å²) in [7, 11) is 0. The van der Waals surface area contributed by atoms with Crippen LogP contribution in [0.4, 0.5) is 0 Å². The molecule has 0 spiro atoms. The number of benzene rings is 1. The van der Waals surface area contributed by atoms with Gasteiger partial charge in [-0.25, -0.2) is 0 Å². The molecular weight excluding hydrogens is 300 g/mol. The standard InChI is InChI=1S/C16H22N4O.ClH/c1-16(6-8-17-9-7-16)11-18-15(21)10-14-12-4-2-3-5-13(12)19-20-14;/h2-5,17H,6-11H2,1H3,(H,18,21)(H,19,20);1H.